The third-order valence-electron chi connectivity index (χ3n) is 5.12. The lowest BCUT2D eigenvalue weighted by Gasteiger charge is -2.34. The Hall–Kier alpha value is -1.59. The van der Waals surface area contributed by atoms with E-state index in [4.69, 9.17) is 4.99 Å². The van der Waals surface area contributed by atoms with Gasteiger partial charge in [-0.2, -0.15) is 0 Å². The fourth-order valence-corrected chi connectivity index (χ4v) is 4.22. The molecule has 1 aliphatic heterocycles. The Bertz CT molecular complexity index is 827. The molecule has 3 rings (SSSR count). The highest BCUT2D eigenvalue weighted by molar-refractivity contribution is 14.0. The molecule has 1 aromatic heterocycles. The van der Waals surface area contributed by atoms with Gasteiger partial charge in [-0.05, 0) is 56.5 Å². The van der Waals surface area contributed by atoms with Crippen LogP contribution in [0.4, 0.5) is 10.2 Å². The van der Waals surface area contributed by atoms with Crippen LogP contribution in [0.5, 0.6) is 0 Å². The molecule has 2 heterocycles. The van der Waals surface area contributed by atoms with Crippen LogP contribution < -0.4 is 15.5 Å². The number of pyridine rings is 1. The van der Waals surface area contributed by atoms with Crippen molar-refractivity contribution in [3.8, 4) is 0 Å². The monoisotopic (exact) mass is 572 g/mol. The van der Waals surface area contributed by atoms with E-state index in [0.717, 1.165) is 73.7 Å². The highest BCUT2D eigenvalue weighted by Crippen LogP contribution is 2.20. The van der Waals surface area contributed by atoms with Gasteiger partial charge in [0.05, 0.1) is 6.54 Å². The summed E-state index contributed by atoms with van der Waals surface area (Å²) in [6.07, 6.45) is 2.86. The van der Waals surface area contributed by atoms with Crippen molar-refractivity contribution < 1.29 is 4.39 Å². The number of nitrogens with zero attached hydrogens (tertiary/aromatic N) is 4. The van der Waals surface area contributed by atoms with Crippen molar-refractivity contribution >= 4 is 47.5 Å². The zero-order valence-corrected chi connectivity index (χ0v) is 22.0. The first-order valence-corrected chi connectivity index (χ1v) is 11.9. The lowest BCUT2D eigenvalue weighted by Crippen LogP contribution is -2.45. The molecule has 0 radical (unpaired) electrons. The number of rotatable bonds is 9. The number of nitrogens with one attached hydrogen (secondary N) is 2. The molecular weight excluding hydrogens is 538 g/mol. The normalized spacial score (nSPS) is 14.7. The van der Waals surface area contributed by atoms with Gasteiger partial charge in [0.1, 0.15) is 11.6 Å². The summed E-state index contributed by atoms with van der Waals surface area (Å²) >= 11 is 1.74. The third kappa shape index (κ3) is 8.74. The average molecular weight is 573 g/mol. The maximum absolute atomic E-state index is 13.0. The molecule has 0 saturated carbocycles. The van der Waals surface area contributed by atoms with Crippen LogP contribution in [0.3, 0.4) is 0 Å². The van der Waals surface area contributed by atoms with Gasteiger partial charge in [-0.1, -0.05) is 6.07 Å². The van der Waals surface area contributed by atoms with Crippen molar-refractivity contribution in [2.24, 2.45) is 4.99 Å². The number of hydrogen-bond acceptors (Lipinski definition) is 5. The summed E-state index contributed by atoms with van der Waals surface area (Å²) in [5, 5.41) is 6.74. The molecule has 2 aromatic rings. The number of guanidine groups is 1. The number of aromatic nitrogens is 1. The predicted molar refractivity (Wildman–Crippen MR) is 144 cm³/mol. The summed E-state index contributed by atoms with van der Waals surface area (Å²) < 4.78 is 13.0. The van der Waals surface area contributed by atoms with Gasteiger partial charge < -0.3 is 20.4 Å². The minimum absolute atomic E-state index is 0. The van der Waals surface area contributed by atoms with Gasteiger partial charge in [0.15, 0.2) is 5.96 Å². The van der Waals surface area contributed by atoms with Crippen LogP contribution in [0.2, 0.25) is 0 Å². The number of benzene rings is 1. The first-order valence-electron chi connectivity index (χ1n) is 10.9. The Balaban J connectivity index is 0.00000363. The van der Waals surface area contributed by atoms with Crippen molar-refractivity contribution in [3.05, 3.63) is 54.0 Å². The topological polar surface area (TPSA) is 55.8 Å². The Morgan fingerprint density at radius 3 is 2.59 bits per heavy atom. The van der Waals surface area contributed by atoms with E-state index in [1.54, 1.807) is 11.8 Å². The zero-order valence-electron chi connectivity index (χ0n) is 18.9. The largest absolute Gasteiger partial charge is 0.357 e. The predicted octanol–water partition coefficient (Wildman–Crippen LogP) is 3.83. The molecule has 6 nitrogen and oxygen atoms in total. The van der Waals surface area contributed by atoms with Gasteiger partial charge in [0.25, 0.3) is 0 Å². The van der Waals surface area contributed by atoms with Crippen LogP contribution in [-0.4, -0.2) is 67.9 Å². The van der Waals surface area contributed by atoms with Crippen LogP contribution in [0.1, 0.15) is 18.9 Å². The van der Waals surface area contributed by atoms with Gasteiger partial charge in [0.2, 0.25) is 0 Å². The van der Waals surface area contributed by atoms with E-state index in [0.29, 0.717) is 6.54 Å². The first kappa shape index (κ1) is 26.7. The number of anilines is 1. The summed E-state index contributed by atoms with van der Waals surface area (Å²) in [5.41, 5.74) is 1.15. The van der Waals surface area contributed by atoms with Crippen LogP contribution in [0.25, 0.3) is 0 Å². The molecule has 176 valence electrons. The molecular formula is C23H34FIN6S. The SMILES string of the molecule is CCNC(=NCc1cccnc1N1CCN(C)CC1)NCCCSc1ccc(F)cc1.I. The smallest absolute Gasteiger partial charge is 0.191 e. The molecule has 0 amide bonds. The van der Waals surface area contributed by atoms with E-state index in [-0.39, 0.29) is 29.8 Å². The van der Waals surface area contributed by atoms with E-state index in [9.17, 15) is 4.39 Å². The van der Waals surface area contributed by atoms with Crippen LogP contribution >= 0.6 is 35.7 Å². The second-order valence-electron chi connectivity index (χ2n) is 7.55. The van der Waals surface area contributed by atoms with E-state index in [2.05, 4.69) is 45.5 Å². The second-order valence-corrected chi connectivity index (χ2v) is 8.72. The quantitative estimate of drug-likeness (QED) is 0.157. The van der Waals surface area contributed by atoms with Gasteiger partial charge in [-0.15, -0.1) is 35.7 Å². The fourth-order valence-electron chi connectivity index (χ4n) is 3.36. The van der Waals surface area contributed by atoms with Crippen LogP contribution in [0.15, 0.2) is 52.5 Å². The number of piperazine rings is 1. The molecule has 0 spiro atoms. The number of hydrogen-bond donors (Lipinski definition) is 2. The molecule has 1 aliphatic rings. The highest BCUT2D eigenvalue weighted by Gasteiger charge is 2.17. The molecule has 0 bridgehead atoms. The number of likely N-dealkylation sites (N-methyl/N-ethyl adjacent to an activating group) is 1. The summed E-state index contributed by atoms with van der Waals surface area (Å²) in [7, 11) is 2.16. The maximum Gasteiger partial charge on any atom is 0.191 e. The Kier molecular flexibility index (Phi) is 12.1. The maximum atomic E-state index is 13.0. The van der Waals surface area contributed by atoms with Crippen molar-refractivity contribution in [1.82, 2.24) is 20.5 Å². The minimum Gasteiger partial charge on any atom is -0.357 e. The average Bonchev–Trinajstić information content (AvgIpc) is 2.79. The lowest BCUT2D eigenvalue weighted by atomic mass is 10.2. The van der Waals surface area contributed by atoms with Gasteiger partial charge in [-0.25, -0.2) is 14.4 Å². The molecule has 1 saturated heterocycles. The Morgan fingerprint density at radius 1 is 1.12 bits per heavy atom. The lowest BCUT2D eigenvalue weighted by molar-refractivity contribution is 0.312. The van der Waals surface area contributed by atoms with E-state index < -0.39 is 0 Å². The molecule has 0 aliphatic carbocycles. The van der Waals surface area contributed by atoms with Crippen molar-refractivity contribution in [1.29, 1.82) is 0 Å². The second kappa shape index (κ2) is 14.5. The summed E-state index contributed by atoms with van der Waals surface area (Å²) in [5.74, 6) is 2.64. The molecule has 0 atom stereocenters. The first-order chi connectivity index (χ1) is 15.2. The van der Waals surface area contributed by atoms with Crippen LogP contribution in [-0.2, 0) is 6.54 Å². The molecule has 32 heavy (non-hydrogen) atoms. The molecule has 9 heteroatoms. The van der Waals surface area contributed by atoms with E-state index in [1.807, 2.05) is 24.4 Å². The van der Waals surface area contributed by atoms with Crippen molar-refractivity contribution in [2.75, 3.05) is 57.0 Å². The molecule has 0 unspecified atom stereocenters. The Labute approximate surface area is 212 Å². The van der Waals surface area contributed by atoms with Crippen LogP contribution in [0, 0.1) is 5.82 Å². The standard InChI is InChI=1S/C23H33FN6S.HI/c1-3-25-23(27-12-5-17-31-21-9-7-20(24)8-10-21)28-18-19-6-4-11-26-22(19)30-15-13-29(2)14-16-30;/h4,6-11H,3,5,12-18H2,1-2H3,(H2,25,27,28);1H. The fraction of sp³-hybridized carbons (Fsp3) is 0.478. The molecule has 1 fully saturated rings. The number of halogens is 2. The van der Waals surface area contributed by atoms with Crippen molar-refractivity contribution in [3.63, 3.8) is 0 Å². The highest BCUT2D eigenvalue weighted by atomic mass is 127. The summed E-state index contributed by atoms with van der Waals surface area (Å²) in [6.45, 7) is 8.41. The summed E-state index contributed by atoms with van der Waals surface area (Å²) in [4.78, 5) is 15.2. The van der Waals surface area contributed by atoms with E-state index in [1.165, 1.54) is 12.1 Å². The molecule has 1 aromatic carbocycles. The number of thioether (sulfide) groups is 1. The van der Waals surface area contributed by atoms with Gasteiger partial charge >= 0.3 is 0 Å². The number of aliphatic imine (C=N–C) groups is 1. The van der Waals surface area contributed by atoms with E-state index >= 15 is 0 Å². The Morgan fingerprint density at radius 2 is 1.88 bits per heavy atom. The van der Waals surface area contributed by atoms with Gasteiger partial charge in [-0.3, -0.25) is 0 Å². The summed E-state index contributed by atoms with van der Waals surface area (Å²) in [6, 6.07) is 10.8. The third-order valence-corrected chi connectivity index (χ3v) is 6.22. The van der Waals surface area contributed by atoms with Crippen molar-refractivity contribution in [2.45, 2.75) is 24.8 Å². The zero-order chi connectivity index (χ0) is 21.9. The van der Waals surface area contributed by atoms with Gasteiger partial charge in [0, 0.05) is 55.9 Å². The molecule has 2 N–H and O–H groups in total. The minimum atomic E-state index is -0.193.